The Morgan fingerprint density at radius 2 is 1.76 bits per heavy atom. The van der Waals surface area contributed by atoms with E-state index in [9.17, 15) is 14.0 Å². The summed E-state index contributed by atoms with van der Waals surface area (Å²) in [6.07, 6.45) is 1.38. The molecular formula is C23H18Cl2FN3O4. The topological polar surface area (TPSA) is 89.0 Å². The van der Waals surface area contributed by atoms with Crippen molar-refractivity contribution in [2.75, 3.05) is 19.0 Å². The summed E-state index contributed by atoms with van der Waals surface area (Å²) in [5, 5.41) is 7.19. The molecule has 0 spiro atoms. The van der Waals surface area contributed by atoms with E-state index < -0.39 is 17.6 Å². The average molecular weight is 490 g/mol. The standard InChI is InChI=1S/C23H18Cl2FN3O4/c1-32-20-11-14(12-27-29-23(31)15-2-4-16(24)5-3-15)10-19(25)22(20)33-13-21(30)28-18-8-6-17(26)7-9-18/h2-12H,13H2,1H3,(H,28,30)(H,29,31)/b27-12-. The highest BCUT2D eigenvalue weighted by Crippen LogP contribution is 2.36. The first-order valence-corrected chi connectivity index (χ1v) is 10.3. The maximum atomic E-state index is 13.0. The van der Waals surface area contributed by atoms with E-state index in [4.69, 9.17) is 32.7 Å². The van der Waals surface area contributed by atoms with Gasteiger partial charge in [0.2, 0.25) is 0 Å². The molecule has 0 radical (unpaired) electrons. The van der Waals surface area contributed by atoms with E-state index in [1.54, 1.807) is 30.3 Å². The van der Waals surface area contributed by atoms with Crippen molar-refractivity contribution in [2.24, 2.45) is 5.10 Å². The Morgan fingerprint density at radius 1 is 1.06 bits per heavy atom. The number of amides is 2. The molecule has 0 atom stereocenters. The zero-order chi connectivity index (χ0) is 23.8. The van der Waals surface area contributed by atoms with E-state index in [0.29, 0.717) is 21.8 Å². The molecule has 0 aliphatic carbocycles. The Morgan fingerprint density at radius 3 is 2.42 bits per heavy atom. The van der Waals surface area contributed by atoms with Gasteiger partial charge in [0.05, 0.1) is 18.3 Å². The van der Waals surface area contributed by atoms with Gasteiger partial charge in [0, 0.05) is 16.3 Å². The quantitative estimate of drug-likeness (QED) is 0.347. The summed E-state index contributed by atoms with van der Waals surface area (Å²) in [5.41, 5.74) is 3.75. The fourth-order valence-corrected chi connectivity index (χ4v) is 3.05. The van der Waals surface area contributed by atoms with Crippen molar-refractivity contribution >= 4 is 46.9 Å². The number of halogens is 3. The smallest absolute Gasteiger partial charge is 0.271 e. The highest BCUT2D eigenvalue weighted by atomic mass is 35.5. The van der Waals surface area contributed by atoms with Crippen LogP contribution in [0.4, 0.5) is 10.1 Å². The number of hydrogen-bond acceptors (Lipinski definition) is 5. The van der Waals surface area contributed by atoms with Crippen molar-refractivity contribution in [1.29, 1.82) is 0 Å². The molecule has 170 valence electrons. The Bertz CT molecular complexity index is 1170. The molecule has 33 heavy (non-hydrogen) atoms. The molecule has 2 amide bonds. The summed E-state index contributed by atoms with van der Waals surface area (Å²) in [6.45, 7) is -0.349. The third kappa shape index (κ3) is 6.93. The van der Waals surface area contributed by atoms with Gasteiger partial charge >= 0.3 is 0 Å². The maximum absolute atomic E-state index is 13.0. The summed E-state index contributed by atoms with van der Waals surface area (Å²) in [7, 11) is 1.42. The van der Waals surface area contributed by atoms with Gasteiger partial charge in [-0.2, -0.15) is 5.10 Å². The third-order valence-corrected chi connectivity index (χ3v) is 4.75. The summed E-state index contributed by atoms with van der Waals surface area (Å²) in [5.74, 6) is -0.851. The predicted octanol–water partition coefficient (Wildman–Crippen LogP) is 4.92. The van der Waals surface area contributed by atoms with Gasteiger partial charge in [0.15, 0.2) is 18.1 Å². The monoisotopic (exact) mass is 489 g/mol. The van der Waals surface area contributed by atoms with Gasteiger partial charge in [-0.05, 0) is 66.2 Å². The van der Waals surface area contributed by atoms with Crippen LogP contribution in [0.2, 0.25) is 10.0 Å². The van der Waals surface area contributed by atoms with Gasteiger partial charge in [0.25, 0.3) is 11.8 Å². The van der Waals surface area contributed by atoms with Crippen LogP contribution in [0.15, 0.2) is 65.8 Å². The van der Waals surface area contributed by atoms with E-state index >= 15 is 0 Å². The average Bonchev–Trinajstić information content (AvgIpc) is 2.80. The lowest BCUT2D eigenvalue weighted by atomic mass is 10.2. The van der Waals surface area contributed by atoms with Gasteiger partial charge in [-0.3, -0.25) is 9.59 Å². The van der Waals surface area contributed by atoms with E-state index in [-0.39, 0.29) is 23.1 Å². The van der Waals surface area contributed by atoms with Gasteiger partial charge in [-0.1, -0.05) is 23.2 Å². The lowest BCUT2D eigenvalue weighted by molar-refractivity contribution is -0.118. The number of benzene rings is 3. The maximum Gasteiger partial charge on any atom is 0.271 e. The second-order valence-corrected chi connectivity index (χ2v) is 7.43. The van der Waals surface area contributed by atoms with Crippen LogP contribution >= 0.6 is 23.2 Å². The SMILES string of the molecule is COc1cc(/C=N\NC(=O)c2ccc(Cl)cc2)cc(Cl)c1OCC(=O)Nc1ccc(F)cc1. The van der Waals surface area contributed by atoms with Gasteiger partial charge < -0.3 is 14.8 Å². The number of hydrogen-bond donors (Lipinski definition) is 2. The third-order valence-electron chi connectivity index (χ3n) is 4.21. The Balaban J connectivity index is 1.62. The Labute approximate surface area is 199 Å². The lowest BCUT2D eigenvalue weighted by Gasteiger charge is -2.13. The molecule has 2 N–H and O–H groups in total. The minimum Gasteiger partial charge on any atom is -0.493 e. The molecule has 0 bridgehead atoms. The van der Waals surface area contributed by atoms with Crippen LogP contribution in [0.25, 0.3) is 0 Å². The number of ether oxygens (including phenoxy) is 2. The van der Waals surface area contributed by atoms with Crippen LogP contribution < -0.4 is 20.2 Å². The number of hydrazone groups is 1. The van der Waals surface area contributed by atoms with Crippen molar-refractivity contribution in [3.05, 3.63) is 87.7 Å². The fourth-order valence-electron chi connectivity index (χ4n) is 2.65. The minimum absolute atomic E-state index is 0.163. The first-order valence-electron chi connectivity index (χ1n) is 9.50. The molecule has 7 nitrogen and oxygen atoms in total. The summed E-state index contributed by atoms with van der Waals surface area (Å²) in [6, 6.07) is 14.8. The van der Waals surface area contributed by atoms with Crippen molar-refractivity contribution in [3.8, 4) is 11.5 Å². The number of rotatable bonds is 8. The van der Waals surface area contributed by atoms with Crippen LogP contribution in [0.1, 0.15) is 15.9 Å². The number of carbonyl (C=O) groups is 2. The summed E-state index contributed by atoms with van der Waals surface area (Å²) >= 11 is 12.1. The van der Waals surface area contributed by atoms with Gasteiger partial charge in [0.1, 0.15) is 5.82 Å². The summed E-state index contributed by atoms with van der Waals surface area (Å²) < 4.78 is 23.8. The van der Waals surface area contributed by atoms with E-state index in [0.717, 1.165) is 0 Å². The van der Waals surface area contributed by atoms with E-state index in [2.05, 4.69) is 15.8 Å². The number of methoxy groups -OCH3 is 1. The van der Waals surface area contributed by atoms with Crippen molar-refractivity contribution < 1.29 is 23.5 Å². The number of carbonyl (C=O) groups excluding carboxylic acids is 2. The molecular weight excluding hydrogens is 472 g/mol. The first-order chi connectivity index (χ1) is 15.9. The van der Waals surface area contributed by atoms with Gasteiger partial charge in [-0.25, -0.2) is 9.82 Å². The highest BCUT2D eigenvalue weighted by Gasteiger charge is 2.14. The van der Waals surface area contributed by atoms with Crippen LogP contribution in [-0.2, 0) is 4.79 Å². The van der Waals surface area contributed by atoms with Crippen molar-refractivity contribution in [2.45, 2.75) is 0 Å². The second-order valence-electron chi connectivity index (χ2n) is 6.58. The molecule has 3 aromatic carbocycles. The van der Waals surface area contributed by atoms with Crippen LogP contribution in [0, 0.1) is 5.82 Å². The summed E-state index contributed by atoms with van der Waals surface area (Å²) in [4.78, 5) is 24.2. The first kappa shape index (κ1) is 24.0. The number of nitrogens with zero attached hydrogens (tertiary/aromatic N) is 1. The molecule has 0 unspecified atom stereocenters. The molecule has 0 fully saturated rings. The minimum atomic E-state index is -0.463. The highest BCUT2D eigenvalue weighted by molar-refractivity contribution is 6.32. The zero-order valence-electron chi connectivity index (χ0n) is 17.3. The van der Waals surface area contributed by atoms with Crippen LogP contribution in [0.5, 0.6) is 11.5 Å². The lowest BCUT2D eigenvalue weighted by Crippen LogP contribution is -2.20. The predicted molar refractivity (Wildman–Crippen MR) is 125 cm³/mol. The Hall–Kier alpha value is -3.62. The van der Waals surface area contributed by atoms with Crippen molar-refractivity contribution in [3.63, 3.8) is 0 Å². The van der Waals surface area contributed by atoms with E-state index in [1.165, 1.54) is 43.7 Å². The number of nitrogens with one attached hydrogen (secondary N) is 2. The van der Waals surface area contributed by atoms with Crippen molar-refractivity contribution in [1.82, 2.24) is 5.43 Å². The molecule has 0 saturated carbocycles. The van der Waals surface area contributed by atoms with Crippen LogP contribution in [-0.4, -0.2) is 31.7 Å². The number of anilines is 1. The largest absolute Gasteiger partial charge is 0.493 e. The fraction of sp³-hybridized carbons (Fsp3) is 0.0870. The molecule has 0 saturated heterocycles. The Kier molecular flexibility index (Phi) is 8.23. The molecule has 3 rings (SSSR count). The molecule has 0 aliphatic heterocycles. The molecule has 0 aromatic heterocycles. The van der Waals surface area contributed by atoms with Crippen LogP contribution in [0.3, 0.4) is 0 Å². The molecule has 0 heterocycles. The van der Waals surface area contributed by atoms with Gasteiger partial charge in [-0.15, -0.1) is 0 Å². The zero-order valence-corrected chi connectivity index (χ0v) is 18.8. The molecule has 3 aromatic rings. The van der Waals surface area contributed by atoms with E-state index in [1.807, 2.05) is 0 Å². The second kappa shape index (κ2) is 11.3. The molecule has 10 heteroatoms. The normalized spacial score (nSPS) is 10.7. The molecule has 0 aliphatic rings.